The van der Waals surface area contributed by atoms with Gasteiger partial charge in [-0.3, -0.25) is 9.78 Å². The maximum Gasteiger partial charge on any atom is 0.341 e. The van der Waals surface area contributed by atoms with E-state index >= 15 is 0 Å². The number of hydrogen-bond acceptors (Lipinski definition) is 6. The van der Waals surface area contributed by atoms with Crippen LogP contribution < -0.4 is 15.7 Å². The van der Waals surface area contributed by atoms with Crippen molar-refractivity contribution >= 4 is 18.1 Å². The van der Waals surface area contributed by atoms with Gasteiger partial charge in [0.25, 0.3) is 5.56 Å². The first-order chi connectivity index (χ1) is 10.5. The van der Waals surface area contributed by atoms with Gasteiger partial charge in [-0.25, -0.2) is 15.2 Å². The van der Waals surface area contributed by atoms with E-state index in [9.17, 15) is 9.59 Å². The van der Waals surface area contributed by atoms with E-state index in [0.29, 0.717) is 17.0 Å². The summed E-state index contributed by atoms with van der Waals surface area (Å²) in [7, 11) is 0. The van der Waals surface area contributed by atoms with Crippen LogP contribution in [-0.2, 0) is 4.79 Å². The van der Waals surface area contributed by atoms with Crippen molar-refractivity contribution in [1.29, 1.82) is 0 Å². The molecule has 0 saturated heterocycles. The fourth-order valence-corrected chi connectivity index (χ4v) is 1.65. The van der Waals surface area contributed by atoms with Crippen molar-refractivity contribution in [1.82, 2.24) is 9.97 Å². The number of nitrogens with one attached hydrogen (secondary N) is 2. The number of hydrazone groups is 1. The van der Waals surface area contributed by atoms with E-state index in [-0.39, 0.29) is 11.5 Å². The number of nitrogens with zero attached hydrogens (tertiary/aromatic N) is 2. The van der Waals surface area contributed by atoms with Crippen LogP contribution in [-0.4, -0.2) is 33.9 Å². The predicted molar refractivity (Wildman–Crippen MR) is 80.4 cm³/mol. The molecule has 0 amide bonds. The first kappa shape index (κ1) is 15.2. The molecule has 0 unspecified atom stereocenters. The fraction of sp³-hybridized carbons (Fsp3) is 0.143. The number of carboxylic acids is 1. The number of para-hydroxylation sites is 1. The monoisotopic (exact) mass is 302 g/mol. The summed E-state index contributed by atoms with van der Waals surface area (Å²) >= 11 is 0. The summed E-state index contributed by atoms with van der Waals surface area (Å²) in [4.78, 5) is 28.4. The minimum atomic E-state index is -1.06. The van der Waals surface area contributed by atoms with Crippen LogP contribution in [0.2, 0.25) is 0 Å². The lowest BCUT2D eigenvalue weighted by Gasteiger charge is -2.06. The van der Waals surface area contributed by atoms with E-state index < -0.39 is 12.6 Å². The Kier molecular flexibility index (Phi) is 4.86. The highest BCUT2D eigenvalue weighted by Gasteiger charge is 2.03. The molecule has 1 aromatic carbocycles. The van der Waals surface area contributed by atoms with Crippen molar-refractivity contribution in [3.8, 4) is 5.75 Å². The zero-order chi connectivity index (χ0) is 15.9. The Morgan fingerprint density at radius 2 is 2.27 bits per heavy atom. The van der Waals surface area contributed by atoms with Gasteiger partial charge in [0.05, 0.1) is 6.21 Å². The molecule has 0 saturated carbocycles. The second-order valence-electron chi connectivity index (χ2n) is 4.33. The topological polar surface area (TPSA) is 117 Å². The lowest BCUT2D eigenvalue weighted by atomic mass is 10.2. The summed E-state index contributed by atoms with van der Waals surface area (Å²) in [5.74, 6) is -0.460. The van der Waals surface area contributed by atoms with Gasteiger partial charge in [0.1, 0.15) is 5.75 Å². The zero-order valence-corrected chi connectivity index (χ0v) is 11.7. The maximum absolute atomic E-state index is 11.3. The summed E-state index contributed by atoms with van der Waals surface area (Å²) < 4.78 is 5.15. The van der Waals surface area contributed by atoms with Crippen LogP contribution >= 0.6 is 0 Å². The largest absolute Gasteiger partial charge is 0.481 e. The van der Waals surface area contributed by atoms with E-state index in [4.69, 9.17) is 9.84 Å². The molecule has 0 spiro atoms. The number of benzene rings is 1. The first-order valence-electron chi connectivity index (χ1n) is 6.35. The summed E-state index contributed by atoms with van der Waals surface area (Å²) in [6, 6.07) is 8.21. The number of aliphatic carboxylic acids is 1. The summed E-state index contributed by atoms with van der Waals surface area (Å²) in [6.07, 6.45) is 1.44. The Hall–Kier alpha value is -3.16. The normalized spacial score (nSPS) is 10.6. The molecule has 1 aromatic heterocycles. The highest BCUT2D eigenvalue weighted by molar-refractivity contribution is 5.84. The molecule has 0 radical (unpaired) electrons. The summed E-state index contributed by atoms with van der Waals surface area (Å²) in [6.45, 7) is 1.25. The molecule has 0 aliphatic heterocycles. The Morgan fingerprint density at radius 1 is 1.50 bits per heavy atom. The number of aromatic amines is 1. The molecule has 22 heavy (non-hydrogen) atoms. The molecule has 0 fully saturated rings. The zero-order valence-electron chi connectivity index (χ0n) is 11.7. The van der Waals surface area contributed by atoms with E-state index in [1.165, 1.54) is 12.3 Å². The van der Waals surface area contributed by atoms with Gasteiger partial charge in [-0.1, -0.05) is 12.1 Å². The lowest BCUT2D eigenvalue weighted by Crippen LogP contribution is -2.11. The van der Waals surface area contributed by atoms with Gasteiger partial charge < -0.3 is 9.84 Å². The van der Waals surface area contributed by atoms with E-state index in [2.05, 4.69) is 20.5 Å². The van der Waals surface area contributed by atoms with Crippen LogP contribution in [0.1, 0.15) is 11.3 Å². The second-order valence-corrected chi connectivity index (χ2v) is 4.33. The number of carbonyl (C=O) groups is 1. The number of hydrogen-bond donors (Lipinski definition) is 3. The number of aromatic nitrogens is 2. The number of carboxylic acid groups (broad SMARTS) is 1. The average molecular weight is 302 g/mol. The van der Waals surface area contributed by atoms with Crippen molar-refractivity contribution in [2.75, 3.05) is 12.0 Å². The van der Waals surface area contributed by atoms with Crippen LogP contribution in [0.4, 0.5) is 5.95 Å². The van der Waals surface area contributed by atoms with Gasteiger partial charge in [-0.05, 0) is 19.1 Å². The number of aryl methyl sites for hydroxylation is 1. The smallest absolute Gasteiger partial charge is 0.341 e. The van der Waals surface area contributed by atoms with E-state index in [0.717, 1.165) is 0 Å². The van der Waals surface area contributed by atoms with Crippen LogP contribution in [0.5, 0.6) is 5.75 Å². The molecule has 3 N–H and O–H groups in total. The van der Waals surface area contributed by atoms with Crippen molar-refractivity contribution in [3.63, 3.8) is 0 Å². The quantitative estimate of drug-likeness (QED) is 0.541. The van der Waals surface area contributed by atoms with Crippen molar-refractivity contribution in [3.05, 3.63) is 51.9 Å². The number of H-pyrrole nitrogens is 1. The molecular weight excluding hydrogens is 288 g/mol. The fourth-order valence-electron chi connectivity index (χ4n) is 1.65. The van der Waals surface area contributed by atoms with E-state index in [1.54, 1.807) is 31.2 Å². The summed E-state index contributed by atoms with van der Waals surface area (Å²) in [5.41, 5.74) is 3.47. The van der Waals surface area contributed by atoms with Gasteiger partial charge in [0.15, 0.2) is 6.61 Å². The van der Waals surface area contributed by atoms with Gasteiger partial charge in [-0.2, -0.15) is 5.10 Å². The van der Waals surface area contributed by atoms with Gasteiger partial charge in [-0.15, -0.1) is 0 Å². The third-order valence-corrected chi connectivity index (χ3v) is 2.51. The Bertz CT molecular complexity index is 755. The van der Waals surface area contributed by atoms with Crippen LogP contribution in [0.25, 0.3) is 0 Å². The van der Waals surface area contributed by atoms with Crippen molar-refractivity contribution < 1.29 is 14.6 Å². The van der Waals surface area contributed by atoms with Crippen LogP contribution in [0.15, 0.2) is 40.2 Å². The van der Waals surface area contributed by atoms with Crippen molar-refractivity contribution in [2.45, 2.75) is 6.92 Å². The molecule has 8 nitrogen and oxygen atoms in total. The summed E-state index contributed by atoms with van der Waals surface area (Å²) in [5, 5.41) is 12.6. The Balaban J connectivity index is 2.09. The molecule has 0 bridgehead atoms. The molecule has 1 heterocycles. The molecular formula is C14H14N4O4. The predicted octanol–water partition coefficient (Wildman–Crippen LogP) is 0.988. The second kappa shape index (κ2) is 7.02. The SMILES string of the molecule is Cc1cc(=O)[nH]c(N/N=C/c2ccccc2OCC(=O)O)n1. The highest BCUT2D eigenvalue weighted by atomic mass is 16.5. The highest BCUT2D eigenvalue weighted by Crippen LogP contribution is 2.15. The number of ether oxygens (including phenoxy) is 1. The molecule has 0 atom stereocenters. The van der Waals surface area contributed by atoms with Crippen LogP contribution in [0, 0.1) is 6.92 Å². The minimum Gasteiger partial charge on any atom is -0.481 e. The molecule has 2 aromatic rings. The number of rotatable bonds is 6. The third kappa shape index (κ3) is 4.44. The minimum absolute atomic E-state index is 0.213. The molecule has 0 aliphatic rings. The molecule has 2 rings (SSSR count). The Labute approximate surface area is 125 Å². The van der Waals surface area contributed by atoms with Crippen molar-refractivity contribution in [2.24, 2.45) is 5.10 Å². The average Bonchev–Trinajstić information content (AvgIpc) is 2.45. The molecule has 114 valence electrons. The standard InChI is InChI=1S/C14H14N4O4/c1-9-6-12(19)17-14(16-9)18-15-7-10-4-2-3-5-11(10)22-8-13(20)21/h2-7H,8H2,1H3,(H,20,21)(H2,16,17,18,19)/b15-7+. The van der Waals surface area contributed by atoms with E-state index in [1.807, 2.05) is 0 Å². The lowest BCUT2D eigenvalue weighted by molar-refractivity contribution is -0.139. The third-order valence-electron chi connectivity index (χ3n) is 2.51. The number of anilines is 1. The Morgan fingerprint density at radius 3 is 3.00 bits per heavy atom. The van der Waals surface area contributed by atoms with Gasteiger partial charge in [0, 0.05) is 17.3 Å². The maximum atomic E-state index is 11.3. The molecule has 0 aliphatic carbocycles. The van der Waals surface area contributed by atoms with Gasteiger partial charge >= 0.3 is 5.97 Å². The van der Waals surface area contributed by atoms with Gasteiger partial charge in [0.2, 0.25) is 5.95 Å². The van der Waals surface area contributed by atoms with Crippen LogP contribution in [0.3, 0.4) is 0 Å². The molecule has 8 heteroatoms. The first-order valence-corrected chi connectivity index (χ1v) is 6.35.